The lowest BCUT2D eigenvalue weighted by Gasteiger charge is -2.27. The molecular weight excluding hydrogens is 628 g/mol. The minimum atomic E-state index is -3.95. The first-order valence-electron chi connectivity index (χ1n) is 14.1. The summed E-state index contributed by atoms with van der Waals surface area (Å²) in [5.74, 6) is -5.57. The smallest absolute Gasteiger partial charge is 0.317 e. The number of carbonyl (C=O) groups is 5. The highest BCUT2D eigenvalue weighted by atomic mass is 32.2. The van der Waals surface area contributed by atoms with Gasteiger partial charge in [0, 0.05) is 69.8 Å². The van der Waals surface area contributed by atoms with E-state index in [4.69, 9.17) is 10.2 Å². The molecule has 0 fully saturated rings. The normalized spacial score (nSPS) is 11.7. The van der Waals surface area contributed by atoms with Gasteiger partial charge in [-0.1, -0.05) is 24.3 Å². The number of carboxylic acid groups (broad SMARTS) is 4. The first-order chi connectivity index (χ1) is 21.6. The Kier molecular flexibility index (Phi) is 14.8. The fourth-order valence-corrected chi connectivity index (χ4v) is 5.89. The van der Waals surface area contributed by atoms with Crippen LogP contribution >= 0.6 is 0 Å². The van der Waals surface area contributed by atoms with Crippen molar-refractivity contribution in [3.8, 4) is 0 Å². The summed E-state index contributed by atoms with van der Waals surface area (Å²) >= 11 is 0. The molecule has 0 radical (unpaired) electrons. The second kappa shape index (κ2) is 18.0. The summed E-state index contributed by atoms with van der Waals surface area (Å²) in [7, 11) is -0.249. The summed E-state index contributed by atoms with van der Waals surface area (Å²) < 4.78 is 28.6. The number of aliphatic carboxylic acids is 4. The Morgan fingerprint density at radius 3 is 1.61 bits per heavy atom. The summed E-state index contributed by atoms with van der Waals surface area (Å²) in [6, 6.07) is 10.3. The van der Waals surface area contributed by atoms with Gasteiger partial charge >= 0.3 is 23.9 Å². The maximum absolute atomic E-state index is 13.1. The van der Waals surface area contributed by atoms with Crippen molar-refractivity contribution in [2.45, 2.75) is 4.90 Å². The monoisotopic (exact) mass is 668 g/mol. The average molecular weight is 669 g/mol. The average Bonchev–Trinajstić information content (AvgIpc) is 2.94. The van der Waals surface area contributed by atoms with E-state index in [1.54, 1.807) is 18.2 Å². The first-order valence-corrected chi connectivity index (χ1v) is 15.6. The quantitative estimate of drug-likeness (QED) is 0.0787. The van der Waals surface area contributed by atoms with Crippen LogP contribution in [0.3, 0.4) is 0 Å². The minimum absolute atomic E-state index is 0.0266. The Hall–Kier alpha value is -4.36. The largest absolute Gasteiger partial charge is 0.480 e. The van der Waals surface area contributed by atoms with E-state index in [1.165, 1.54) is 15.9 Å². The van der Waals surface area contributed by atoms with E-state index >= 15 is 0 Å². The lowest BCUT2D eigenvalue weighted by molar-refractivity contribution is -0.143. The number of hydrogen-bond acceptors (Lipinski definition) is 11. The van der Waals surface area contributed by atoms with Crippen molar-refractivity contribution in [2.24, 2.45) is 0 Å². The number of fused-ring (bicyclic) bond motifs is 1. The predicted octanol–water partition coefficient (Wildman–Crippen LogP) is -1.46. The SMILES string of the molecule is CN(C)c1cccc2c(S(=O)(=O)NCCNC(=O)CN(CCN(CCN(CC(=O)O)CC(=O)O)CC(=O)O)CC(=O)O)cccc12. The number of nitrogens with one attached hydrogen (secondary N) is 2. The van der Waals surface area contributed by atoms with Crippen LogP contribution in [-0.2, 0) is 34.0 Å². The van der Waals surface area contributed by atoms with Crippen LogP contribution in [0.15, 0.2) is 41.3 Å². The maximum Gasteiger partial charge on any atom is 0.317 e. The van der Waals surface area contributed by atoms with E-state index in [0.717, 1.165) is 16.0 Å². The molecule has 2 rings (SSSR count). The molecule has 0 aliphatic carbocycles. The van der Waals surface area contributed by atoms with Crippen molar-refractivity contribution < 1.29 is 52.8 Å². The molecule has 0 saturated carbocycles. The Bertz CT molecular complexity index is 1490. The number of benzene rings is 2. The molecule has 46 heavy (non-hydrogen) atoms. The number of nitrogens with zero attached hydrogens (tertiary/aromatic N) is 4. The number of carboxylic acids is 4. The fourth-order valence-electron chi connectivity index (χ4n) is 4.64. The Balaban J connectivity index is 1.96. The minimum Gasteiger partial charge on any atom is -0.480 e. The molecule has 0 aliphatic heterocycles. The number of hydrogen-bond donors (Lipinski definition) is 6. The molecule has 254 valence electrons. The van der Waals surface area contributed by atoms with Gasteiger partial charge in [0.05, 0.1) is 37.6 Å². The van der Waals surface area contributed by atoms with Gasteiger partial charge in [-0.25, -0.2) is 13.1 Å². The molecule has 0 saturated heterocycles. The summed E-state index contributed by atoms with van der Waals surface area (Å²) in [6.07, 6.45) is 0. The van der Waals surface area contributed by atoms with E-state index in [0.29, 0.717) is 5.39 Å². The highest BCUT2D eigenvalue weighted by Crippen LogP contribution is 2.30. The van der Waals surface area contributed by atoms with E-state index in [2.05, 4.69) is 10.0 Å². The zero-order chi connectivity index (χ0) is 34.4. The molecule has 18 heteroatoms. The van der Waals surface area contributed by atoms with Gasteiger partial charge in [0.2, 0.25) is 15.9 Å². The van der Waals surface area contributed by atoms with Crippen LogP contribution in [0.2, 0.25) is 0 Å². The van der Waals surface area contributed by atoms with Gasteiger partial charge in [0.15, 0.2) is 0 Å². The molecule has 0 unspecified atom stereocenters. The lowest BCUT2D eigenvalue weighted by Crippen LogP contribution is -2.47. The molecule has 0 bridgehead atoms. The molecule has 0 aliphatic rings. The van der Waals surface area contributed by atoms with Gasteiger partial charge in [-0.15, -0.1) is 0 Å². The van der Waals surface area contributed by atoms with Crippen LogP contribution in [-0.4, -0.2) is 159 Å². The highest BCUT2D eigenvalue weighted by Gasteiger charge is 2.21. The van der Waals surface area contributed by atoms with Crippen LogP contribution in [0.5, 0.6) is 0 Å². The standard InChI is InChI=1S/C28H40N6O11S/c1-31(2)22-7-3-6-21-20(22)5-4-8-23(21)46(44,45)30-10-9-29-24(35)15-33(17-26(38)39)13-11-32(16-25(36)37)12-14-34(18-27(40)41)19-28(42)43/h3-8,30H,9-19H2,1-2H3,(H,29,35)(H,36,37)(H,38,39)(H,40,41)(H,42,43). The summed E-state index contributed by atoms with van der Waals surface area (Å²) in [5.41, 5.74) is 0.845. The molecule has 6 N–H and O–H groups in total. The molecule has 0 atom stereocenters. The molecule has 2 aromatic rings. The van der Waals surface area contributed by atoms with Gasteiger partial charge in [0.1, 0.15) is 0 Å². The van der Waals surface area contributed by atoms with Crippen molar-refractivity contribution in [3.05, 3.63) is 36.4 Å². The lowest BCUT2D eigenvalue weighted by atomic mass is 10.1. The van der Waals surface area contributed by atoms with Gasteiger partial charge in [-0.05, 0) is 12.1 Å². The van der Waals surface area contributed by atoms with Gasteiger partial charge in [-0.2, -0.15) is 0 Å². The van der Waals surface area contributed by atoms with Gasteiger partial charge < -0.3 is 30.6 Å². The zero-order valence-electron chi connectivity index (χ0n) is 25.6. The summed E-state index contributed by atoms with van der Waals surface area (Å²) in [5, 5.41) is 40.4. The molecule has 0 aromatic heterocycles. The number of anilines is 1. The predicted molar refractivity (Wildman–Crippen MR) is 166 cm³/mol. The molecule has 17 nitrogen and oxygen atoms in total. The van der Waals surface area contributed by atoms with E-state index in [-0.39, 0.29) is 50.7 Å². The third-order valence-electron chi connectivity index (χ3n) is 6.64. The van der Waals surface area contributed by atoms with Crippen LogP contribution < -0.4 is 14.9 Å². The van der Waals surface area contributed by atoms with Crippen molar-refractivity contribution in [3.63, 3.8) is 0 Å². The van der Waals surface area contributed by atoms with E-state index < -0.39 is 66.0 Å². The van der Waals surface area contributed by atoms with Crippen molar-refractivity contribution in [2.75, 3.05) is 91.0 Å². The topological polar surface area (TPSA) is 237 Å². The number of carbonyl (C=O) groups excluding carboxylic acids is 1. The van der Waals surface area contributed by atoms with Crippen molar-refractivity contribution >= 4 is 56.3 Å². The number of sulfonamides is 1. The second-order valence-electron chi connectivity index (χ2n) is 10.5. The Labute approximate surface area is 266 Å². The summed E-state index contributed by atoms with van der Waals surface area (Å²) in [4.78, 5) is 63.1. The number of amides is 1. The molecule has 0 heterocycles. The van der Waals surface area contributed by atoms with E-state index in [9.17, 15) is 42.6 Å². The molecule has 0 spiro atoms. The molecular formula is C28H40N6O11S. The van der Waals surface area contributed by atoms with E-state index in [1.807, 2.05) is 31.1 Å². The maximum atomic E-state index is 13.1. The van der Waals surface area contributed by atoms with Gasteiger partial charge in [0.25, 0.3) is 0 Å². The van der Waals surface area contributed by atoms with Crippen LogP contribution in [0.4, 0.5) is 5.69 Å². The van der Waals surface area contributed by atoms with Crippen molar-refractivity contribution in [1.82, 2.24) is 24.7 Å². The molecule has 2 aromatic carbocycles. The van der Waals surface area contributed by atoms with Crippen LogP contribution in [0.1, 0.15) is 0 Å². The highest BCUT2D eigenvalue weighted by molar-refractivity contribution is 7.89. The number of rotatable bonds is 22. The molecule has 1 amide bonds. The van der Waals surface area contributed by atoms with Crippen LogP contribution in [0.25, 0.3) is 10.8 Å². The Morgan fingerprint density at radius 1 is 0.630 bits per heavy atom. The third-order valence-corrected chi connectivity index (χ3v) is 8.16. The zero-order valence-corrected chi connectivity index (χ0v) is 26.4. The van der Waals surface area contributed by atoms with Crippen LogP contribution in [0, 0.1) is 0 Å². The van der Waals surface area contributed by atoms with Gasteiger partial charge in [-0.3, -0.25) is 38.7 Å². The second-order valence-corrected chi connectivity index (χ2v) is 12.3. The van der Waals surface area contributed by atoms with Crippen molar-refractivity contribution in [1.29, 1.82) is 0 Å². The summed E-state index contributed by atoms with van der Waals surface area (Å²) in [6.45, 7) is -3.04. The third kappa shape index (κ3) is 12.9. The first kappa shape index (κ1) is 37.8. The fraction of sp³-hybridized carbons (Fsp3) is 0.464. The Morgan fingerprint density at radius 2 is 1.09 bits per heavy atom.